The molecule has 0 atom stereocenters. The van der Waals surface area contributed by atoms with E-state index in [-0.39, 0.29) is 6.54 Å². The lowest BCUT2D eigenvalue weighted by molar-refractivity contribution is 0.150. The number of nitrogens with zero attached hydrogens (tertiary/aromatic N) is 6. The molecule has 4 aromatic rings. The van der Waals surface area contributed by atoms with Crippen LogP contribution in [0, 0.1) is 19.7 Å². The zero-order valence-corrected chi connectivity index (χ0v) is 17.0. The Morgan fingerprint density at radius 1 is 1.13 bits per heavy atom. The fraction of sp³-hybridized carbons (Fsp3) is 0.227. The maximum atomic E-state index is 15.0. The Morgan fingerprint density at radius 3 is 2.71 bits per heavy atom. The van der Waals surface area contributed by atoms with Gasteiger partial charge in [-0.1, -0.05) is 6.08 Å². The van der Waals surface area contributed by atoms with Crippen molar-refractivity contribution in [3.05, 3.63) is 59.3 Å². The number of benzene rings is 1. The quantitative estimate of drug-likeness (QED) is 0.531. The van der Waals surface area contributed by atoms with Crippen molar-refractivity contribution in [1.82, 2.24) is 29.7 Å². The van der Waals surface area contributed by atoms with Crippen LogP contribution in [0.2, 0.25) is 0 Å². The number of imidazole rings is 1. The van der Waals surface area contributed by atoms with Crippen molar-refractivity contribution in [2.75, 3.05) is 13.1 Å². The number of hydrogen-bond acceptors (Lipinski definition) is 5. The van der Waals surface area contributed by atoms with E-state index in [9.17, 15) is 4.79 Å². The van der Waals surface area contributed by atoms with Crippen molar-refractivity contribution < 1.29 is 14.3 Å². The molecule has 156 valence electrons. The van der Waals surface area contributed by atoms with Gasteiger partial charge >= 0.3 is 6.09 Å². The standard InChI is InChI=1S/C22H19FN6O2/c1-12-7-19(27-29-11-13(2)24-21(12)29)15-8-17(23)16-10-18(25-26-20(16)9-15)14-3-5-28(6-4-14)22(30)31/h3,7-11H,4-6H2,1-2H3,(H,30,31). The second-order valence-electron chi connectivity index (χ2n) is 7.69. The normalized spacial score (nSPS) is 14.3. The largest absolute Gasteiger partial charge is 0.465 e. The van der Waals surface area contributed by atoms with Crippen LogP contribution in [-0.4, -0.2) is 54.0 Å². The zero-order chi connectivity index (χ0) is 21.7. The van der Waals surface area contributed by atoms with E-state index in [2.05, 4.69) is 20.3 Å². The van der Waals surface area contributed by atoms with Crippen molar-refractivity contribution in [3.63, 3.8) is 0 Å². The first-order chi connectivity index (χ1) is 14.9. The number of fused-ring (bicyclic) bond motifs is 2. The van der Waals surface area contributed by atoms with Gasteiger partial charge in [0.1, 0.15) is 5.82 Å². The highest BCUT2D eigenvalue weighted by Gasteiger charge is 2.19. The molecule has 1 aliphatic rings. The van der Waals surface area contributed by atoms with Gasteiger partial charge in [-0.2, -0.15) is 10.2 Å². The summed E-state index contributed by atoms with van der Waals surface area (Å²) >= 11 is 0. The van der Waals surface area contributed by atoms with Crippen molar-refractivity contribution in [2.45, 2.75) is 20.3 Å². The minimum Gasteiger partial charge on any atom is -0.465 e. The third-order valence-electron chi connectivity index (χ3n) is 5.49. The molecule has 4 heterocycles. The minimum absolute atomic E-state index is 0.285. The van der Waals surface area contributed by atoms with Gasteiger partial charge in [-0.15, -0.1) is 5.10 Å². The van der Waals surface area contributed by atoms with Gasteiger partial charge in [0.15, 0.2) is 5.65 Å². The van der Waals surface area contributed by atoms with Crippen LogP contribution in [0.3, 0.4) is 0 Å². The van der Waals surface area contributed by atoms with Crippen molar-refractivity contribution in [3.8, 4) is 11.3 Å². The van der Waals surface area contributed by atoms with Crippen LogP contribution in [0.5, 0.6) is 0 Å². The SMILES string of the molecule is Cc1cn2nc(-c3cc(F)c4cc(C5=CCN(C(=O)O)CC5)nnc4c3)cc(C)c2n1. The molecule has 0 radical (unpaired) electrons. The van der Waals surface area contributed by atoms with Gasteiger partial charge in [-0.05, 0) is 55.7 Å². The summed E-state index contributed by atoms with van der Waals surface area (Å²) in [5.41, 5.74) is 5.68. The first kappa shape index (κ1) is 19.1. The molecule has 5 rings (SSSR count). The molecule has 0 spiro atoms. The molecule has 0 bridgehead atoms. The van der Waals surface area contributed by atoms with Crippen molar-refractivity contribution in [1.29, 1.82) is 0 Å². The Kier molecular flexibility index (Phi) is 4.39. The number of rotatable bonds is 2. The molecular weight excluding hydrogens is 399 g/mol. The zero-order valence-electron chi connectivity index (χ0n) is 17.0. The van der Waals surface area contributed by atoms with Crippen molar-refractivity contribution in [2.24, 2.45) is 0 Å². The van der Waals surface area contributed by atoms with Crippen LogP contribution in [0.1, 0.15) is 23.4 Å². The first-order valence-corrected chi connectivity index (χ1v) is 9.87. The Morgan fingerprint density at radius 2 is 1.97 bits per heavy atom. The second-order valence-corrected chi connectivity index (χ2v) is 7.69. The highest BCUT2D eigenvalue weighted by molar-refractivity contribution is 5.86. The number of amides is 1. The third kappa shape index (κ3) is 3.37. The van der Waals surface area contributed by atoms with Crippen molar-refractivity contribution >= 4 is 28.2 Å². The number of carbonyl (C=O) groups is 1. The van der Waals surface area contributed by atoms with Crippen LogP contribution in [0.15, 0.2) is 36.5 Å². The predicted octanol–water partition coefficient (Wildman–Crippen LogP) is 3.86. The van der Waals surface area contributed by atoms with E-state index in [4.69, 9.17) is 5.11 Å². The number of hydrogen-bond donors (Lipinski definition) is 1. The minimum atomic E-state index is -0.952. The highest BCUT2D eigenvalue weighted by atomic mass is 19.1. The summed E-state index contributed by atoms with van der Waals surface area (Å²) < 4.78 is 16.7. The average molecular weight is 418 g/mol. The maximum absolute atomic E-state index is 15.0. The number of aromatic nitrogens is 5. The summed E-state index contributed by atoms with van der Waals surface area (Å²) in [5.74, 6) is -0.409. The van der Waals surface area contributed by atoms with E-state index in [1.807, 2.05) is 26.1 Å². The molecule has 8 nitrogen and oxygen atoms in total. The van der Waals surface area contributed by atoms with E-state index in [1.54, 1.807) is 22.7 Å². The lowest BCUT2D eigenvalue weighted by atomic mass is 10.0. The van der Waals surface area contributed by atoms with Gasteiger partial charge in [0.2, 0.25) is 0 Å². The summed E-state index contributed by atoms with van der Waals surface area (Å²) in [6, 6.07) is 6.77. The number of halogens is 1. The molecule has 1 aliphatic heterocycles. The molecule has 0 aliphatic carbocycles. The molecule has 9 heteroatoms. The van der Waals surface area contributed by atoms with Gasteiger partial charge in [-0.25, -0.2) is 18.7 Å². The third-order valence-corrected chi connectivity index (χ3v) is 5.49. The molecule has 31 heavy (non-hydrogen) atoms. The Hall–Kier alpha value is -3.88. The molecule has 0 unspecified atom stereocenters. The summed E-state index contributed by atoms with van der Waals surface area (Å²) in [4.78, 5) is 16.8. The molecule has 1 amide bonds. The van der Waals surface area contributed by atoms with E-state index in [1.165, 1.54) is 11.0 Å². The van der Waals surface area contributed by atoms with Crippen LogP contribution in [0.25, 0.3) is 33.4 Å². The Bertz CT molecular complexity index is 1390. The molecular formula is C22H19FN6O2. The molecule has 1 N–H and O–H groups in total. The summed E-state index contributed by atoms with van der Waals surface area (Å²) in [7, 11) is 0. The van der Waals surface area contributed by atoms with E-state index < -0.39 is 11.9 Å². The fourth-order valence-corrected chi connectivity index (χ4v) is 3.87. The van der Waals surface area contributed by atoms with Gasteiger partial charge in [0.25, 0.3) is 0 Å². The second kappa shape index (κ2) is 7.12. The lowest BCUT2D eigenvalue weighted by Gasteiger charge is -2.23. The van der Waals surface area contributed by atoms with E-state index >= 15 is 4.39 Å². The topological polar surface area (TPSA) is 96.5 Å². The molecule has 1 aromatic carbocycles. The summed E-state index contributed by atoms with van der Waals surface area (Å²) in [6.07, 6.45) is 3.19. The van der Waals surface area contributed by atoms with Crippen LogP contribution >= 0.6 is 0 Å². The highest BCUT2D eigenvalue weighted by Crippen LogP contribution is 2.28. The molecule has 0 fully saturated rings. The van der Waals surface area contributed by atoms with Crippen LogP contribution in [0.4, 0.5) is 9.18 Å². The van der Waals surface area contributed by atoms with E-state index in [0.29, 0.717) is 40.8 Å². The Labute approximate surface area is 176 Å². The number of carboxylic acid groups (broad SMARTS) is 1. The predicted molar refractivity (Wildman–Crippen MR) is 113 cm³/mol. The molecule has 3 aromatic heterocycles. The smallest absolute Gasteiger partial charge is 0.407 e. The van der Waals surface area contributed by atoms with Crippen LogP contribution < -0.4 is 0 Å². The fourth-order valence-electron chi connectivity index (χ4n) is 3.87. The maximum Gasteiger partial charge on any atom is 0.407 e. The van der Waals surface area contributed by atoms with Gasteiger partial charge in [0, 0.05) is 24.0 Å². The van der Waals surface area contributed by atoms with Crippen LogP contribution in [-0.2, 0) is 0 Å². The van der Waals surface area contributed by atoms with E-state index in [0.717, 1.165) is 22.5 Å². The average Bonchev–Trinajstić information content (AvgIpc) is 3.14. The molecule has 0 saturated heterocycles. The van der Waals surface area contributed by atoms with Gasteiger partial charge < -0.3 is 10.0 Å². The first-order valence-electron chi connectivity index (χ1n) is 9.87. The molecule has 0 saturated carbocycles. The van der Waals surface area contributed by atoms with Gasteiger partial charge in [-0.3, -0.25) is 0 Å². The number of aryl methyl sites for hydroxylation is 2. The summed E-state index contributed by atoms with van der Waals surface area (Å²) in [6.45, 7) is 4.51. The summed E-state index contributed by atoms with van der Waals surface area (Å²) in [5, 5.41) is 22.5. The Balaban J connectivity index is 1.54. The monoisotopic (exact) mass is 418 g/mol. The van der Waals surface area contributed by atoms with Gasteiger partial charge in [0.05, 0.1) is 28.8 Å². The lowest BCUT2D eigenvalue weighted by Crippen LogP contribution is -2.33.